The Labute approximate surface area is 180 Å². The predicted octanol–water partition coefficient (Wildman–Crippen LogP) is 4.18. The second kappa shape index (κ2) is 10.1. The van der Waals surface area contributed by atoms with Crippen LogP contribution in [0.3, 0.4) is 0 Å². The van der Waals surface area contributed by atoms with Crippen LogP contribution < -0.4 is 10.1 Å². The van der Waals surface area contributed by atoms with E-state index in [2.05, 4.69) is 5.32 Å². The molecule has 0 fully saturated rings. The van der Waals surface area contributed by atoms with E-state index in [4.69, 9.17) is 9.47 Å². The minimum atomic E-state index is -0.863. The standard InChI is InChI=1S/C25H22N2O4/c1-17(22-12-6-9-19-8-3-4-11-23(19)22)27-24(28)16-31-25(29)20(15-26)13-18-7-5-10-21(14-18)30-2/h3-14,17H,16H2,1-2H3,(H,27,28)/b20-13+/t17-/m0/s1. The summed E-state index contributed by atoms with van der Waals surface area (Å²) in [6, 6.07) is 22.2. The zero-order chi connectivity index (χ0) is 22.2. The average molecular weight is 414 g/mol. The lowest BCUT2D eigenvalue weighted by Crippen LogP contribution is -2.31. The van der Waals surface area contributed by atoms with E-state index >= 15 is 0 Å². The van der Waals surface area contributed by atoms with E-state index in [0.717, 1.165) is 16.3 Å². The molecule has 31 heavy (non-hydrogen) atoms. The van der Waals surface area contributed by atoms with Crippen molar-refractivity contribution in [3.05, 3.63) is 83.4 Å². The van der Waals surface area contributed by atoms with Gasteiger partial charge in [0, 0.05) is 0 Å². The molecule has 0 saturated heterocycles. The zero-order valence-electron chi connectivity index (χ0n) is 17.3. The molecule has 0 unspecified atom stereocenters. The van der Waals surface area contributed by atoms with Crippen LogP contribution in [0, 0.1) is 11.3 Å². The summed E-state index contributed by atoms with van der Waals surface area (Å²) in [5.41, 5.74) is 1.37. The Balaban J connectivity index is 1.62. The molecule has 0 aliphatic carbocycles. The number of hydrogen-bond donors (Lipinski definition) is 1. The Bertz CT molecular complexity index is 1170. The molecule has 0 heterocycles. The van der Waals surface area contributed by atoms with Crippen LogP contribution in [-0.4, -0.2) is 25.6 Å². The van der Waals surface area contributed by atoms with Crippen molar-refractivity contribution in [1.82, 2.24) is 5.32 Å². The van der Waals surface area contributed by atoms with Crippen LogP contribution >= 0.6 is 0 Å². The van der Waals surface area contributed by atoms with Gasteiger partial charge < -0.3 is 14.8 Å². The number of fused-ring (bicyclic) bond motifs is 1. The Kier molecular flexibility index (Phi) is 7.02. The second-order valence-corrected chi connectivity index (χ2v) is 6.88. The van der Waals surface area contributed by atoms with Crippen LogP contribution in [-0.2, 0) is 14.3 Å². The fraction of sp³-hybridized carbons (Fsp3) is 0.160. The first-order valence-electron chi connectivity index (χ1n) is 9.72. The summed E-state index contributed by atoms with van der Waals surface area (Å²) < 4.78 is 10.2. The molecule has 0 aliphatic heterocycles. The van der Waals surface area contributed by atoms with Crippen LogP contribution in [0.5, 0.6) is 5.75 Å². The third-order valence-electron chi connectivity index (χ3n) is 4.75. The van der Waals surface area contributed by atoms with Gasteiger partial charge in [0.25, 0.3) is 5.91 Å². The largest absolute Gasteiger partial charge is 0.497 e. The minimum absolute atomic E-state index is 0.205. The molecule has 6 nitrogen and oxygen atoms in total. The van der Waals surface area contributed by atoms with Crippen molar-refractivity contribution >= 4 is 28.7 Å². The number of carbonyl (C=O) groups is 2. The molecule has 0 aliphatic rings. The van der Waals surface area contributed by atoms with Gasteiger partial charge in [-0.2, -0.15) is 5.26 Å². The van der Waals surface area contributed by atoms with Gasteiger partial charge in [0.1, 0.15) is 17.4 Å². The van der Waals surface area contributed by atoms with Gasteiger partial charge >= 0.3 is 5.97 Å². The van der Waals surface area contributed by atoms with Crippen molar-refractivity contribution in [3.8, 4) is 11.8 Å². The number of amides is 1. The van der Waals surface area contributed by atoms with E-state index in [9.17, 15) is 14.9 Å². The van der Waals surface area contributed by atoms with Gasteiger partial charge in [0.15, 0.2) is 6.61 Å². The fourth-order valence-electron chi connectivity index (χ4n) is 3.23. The Morgan fingerprint density at radius 2 is 1.84 bits per heavy atom. The topological polar surface area (TPSA) is 88.4 Å². The number of rotatable bonds is 7. The Morgan fingerprint density at radius 1 is 1.10 bits per heavy atom. The van der Waals surface area contributed by atoms with Crippen molar-refractivity contribution in [2.45, 2.75) is 13.0 Å². The average Bonchev–Trinajstić information content (AvgIpc) is 2.80. The lowest BCUT2D eigenvalue weighted by molar-refractivity contribution is -0.144. The molecule has 0 radical (unpaired) electrons. The number of ether oxygens (including phenoxy) is 2. The number of hydrogen-bond acceptors (Lipinski definition) is 5. The van der Waals surface area contributed by atoms with E-state index in [0.29, 0.717) is 11.3 Å². The van der Waals surface area contributed by atoms with Crippen LogP contribution in [0.4, 0.5) is 0 Å². The summed E-state index contributed by atoms with van der Waals surface area (Å²) in [4.78, 5) is 24.6. The van der Waals surface area contributed by atoms with Crippen LogP contribution in [0.1, 0.15) is 24.1 Å². The van der Waals surface area contributed by atoms with Gasteiger partial charge in [-0.15, -0.1) is 0 Å². The lowest BCUT2D eigenvalue weighted by Gasteiger charge is -2.16. The van der Waals surface area contributed by atoms with Crippen LogP contribution in [0.15, 0.2) is 72.3 Å². The molecule has 0 aromatic heterocycles. The first-order valence-corrected chi connectivity index (χ1v) is 9.72. The van der Waals surface area contributed by atoms with E-state index in [1.54, 1.807) is 24.3 Å². The summed E-state index contributed by atoms with van der Waals surface area (Å²) in [6.07, 6.45) is 1.39. The van der Waals surface area contributed by atoms with Gasteiger partial charge in [-0.1, -0.05) is 54.6 Å². The highest BCUT2D eigenvalue weighted by molar-refractivity contribution is 5.99. The van der Waals surface area contributed by atoms with Crippen molar-refractivity contribution in [2.75, 3.05) is 13.7 Å². The molecule has 1 N–H and O–H groups in total. The number of benzene rings is 3. The summed E-state index contributed by atoms with van der Waals surface area (Å²) >= 11 is 0. The van der Waals surface area contributed by atoms with E-state index in [1.807, 2.05) is 55.5 Å². The molecular formula is C25H22N2O4. The number of methoxy groups -OCH3 is 1. The zero-order valence-corrected chi connectivity index (χ0v) is 17.3. The van der Waals surface area contributed by atoms with Crippen LogP contribution in [0.25, 0.3) is 16.8 Å². The molecule has 3 aromatic carbocycles. The molecule has 6 heteroatoms. The van der Waals surface area contributed by atoms with Gasteiger partial charge in [-0.05, 0) is 47.0 Å². The molecule has 0 spiro atoms. The van der Waals surface area contributed by atoms with Crippen molar-refractivity contribution in [2.24, 2.45) is 0 Å². The van der Waals surface area contributed by atoms with Crippen molar-refractivity contribution in [1.29, 1.82) is 5.26 Å². The van der Waals surface area contributed by atoms with E-state index in [-0.39, 0.29) is 11.6 Å². The maximum atomic E-state index is 12.3. The molecule has 0 saturated carbocycles. The summed E-state index contributed by atoms with van der Waals surface area (Å²) in [5, 5.41) is 14.2. The Hall–Kier alpha value is -4.11. The van der Waals surface area contributed by atoms with E-state index in [1.165, 1.54) is 13.2 Å². The first kappa shape index (κ1) is 21.6. The fourth-order valence-corrected chi connectivity index (χ4v) is 3.23. The normalized spacial score (nSPS) is 12.0. The monoisotopic (exact) mass is 414 g/mol. The molecule has 1 amide bonds. The van der Waals surface area contributed by atoms with Gasteiger partial charge in [0.05, 0.1) is 13.2 Å². The highest BCUT2D eigenvalue weighted by Gasteiger charge is 2.16. The molecule has 1 atom stereocenters. The third-order valence-corrected chi connectivity index (χ3v) is 4.75. The number of nitrogens with one attached hydrogen (secondary N) is 1. The highest BCUT2D eigenvalue weighted by atomic mass is 16.5. The molecular weight excluding hydrogens is 392 g/mol. The lowest BCUT2D eigenvalue weighted by atomic mass is 10.00. The molecule has 156 valence electrons. The number of carbonyl (C=O) groups excluding carboxylic acids is 2. The highest BCUT2D eigenvalue weighted by Crippen LogP contribution is 2.24. The predicted molar refractivity (Wildman–Crippen MR) is 118 cm³/mol. The van der Waals surface area contributed by atoms with Gasteiger partial charge in [0.2, 0.25) is 0 Å². The van der Waals surface area contributed by atoms with Gasteiger partial charge in [-0.3, -0.25) is 4.79 Å². The SMILES string of the molecule is COc1cccc(/C=C(\C#N)C(=O)OCC(=O)N[C@@H](C)c2cccc3ccccc23)c1. The van der Waals surface area contributed by atoms with Crippen molar-refractivity contribution < 1.29 is 19.1 Å². The smallest absolute Gasteiger partial charge is 0.349 e. The summed E-state index contributed by atoms with van der Waals surface area (Å²) in [6.45, 7) is 1.38. The van der Waals surface area contributed by atoms with Crippen LogP contribution in [0.2, 0.25) is 0 Å². The van der Waals surface area contributed by atoms with E-state index < -0.39 is 18.5 Å². The van der Waals surface area contributed by atoms with Gasteiger partial charge in [-0.25, -0.2) is 4.79 Å². The molecule has 0 bridgehead atoms. The Morgan fingerprint density at radius 3 is 2.61 bits per heavy atom. The third kappa shape index (κ3) is 5.49. The quantitative estimate of drug-likeness (QED) is 0.356. The summed E-state index contributed by atoms with van der Waals surface area (Å²) in [5.74, 6) is -0.716. The second-order valence-electron chi connectivity index (χ2n) is 6.88. The maximum Gasteiger partial charge on any atom is 0.349 e. The maximum absolute atomic E-state index is 12.3. The molecule has 3 aromatic rings. The number of esters is 1. The minimum Gasteiger partial charge on any atom is -0.497 e. The molecule has 3 rings (SSSR count). The summed E-state index contributed by atoms with van der Waals surface area (Å²) in [7, 11) is 1.53. The van der Waals surface area contributed by atoms with Crippen molar-refractivity contribution in [3.63, 3.8) is 0 Å². The number of nitriles is 1. The first-order chi connectivity index (χ1) is 15.0. The number of nitrogens with zero attached hydrogens (tertiary/aromatic N) is 1.